The number of carbonyl (C=O) groups is 3. The molecule has 0 radical (unpaired) electrons. The van der Waals surface area contributed by atoms with Crippen molar-refractivity contribution >= 4 is 18.0 Å². The van der Waals surface area contributed by atoms with Gasteiger partial charge in [0.1, 0.15) is 6.61 Å². The SMILES string of the molecule is O=C(NC[C@@H]1C[C@@H]1C(=O)N1CC(C(=O)O)C1)OCC1c2ccccc2-c2ccccc21. The first-order chi connectivity index (χ1) is 15.0. The van der Waals surface area contributed by atoms with Gasteiger partial charge in [0, 0.05) is 31.5 Å². The summed E-state index contributed by atoms with van der Waals surface area (Å²) in [6, 6.07) is 16.4. The Hall–Kier alpha value is -3.35. The number of carboxylic acids is 1. The number of benzene rings is 2. The molecule has 2 aromatic rings. The lowest BCUT2D eigenvalue weighted by Crippen LogP contribution is -2.53. The largest absolute Gasteiger partial charge is 0.481 e. The number of carboxylic acid groups (broad SMARTS) is 1. The molecule has 2 aliphatic carbocycles. The van der Waals surface area contributed by atoms with E-state index in [1.807, 2.05) is 24.3 Å². The van der Waals surface area contributed by atoms with Gasteiger partial charge in [-0.3, -0.25) is 9.59 Å². The summed E-state index contributed by atoms with van der Waals surface area (Å²) in [7, 11) is 0. The van der Waals surface area contributed by atoms with Crippen LogP contribution in [0.15, 0.2) is 48.5 Å². The maximum Gasteiger partial charge on any atom is 0.407 e. The second kappa shape index (κ2) is 7.72. The average Bonchev–Trinajstić information content (AvgIpc) is 3.44. The van der Waals surface area contributed by atoms with Crippen LogP contribution in [0.5, 0.6) is 0 Å². The van der Waals surface area contributed by atoms with Gasteiger partial charge in [-0.25, -0.2) is 4.79 Å². The Kier molecular flexibility index (Phi) is 4.88. The molecule has 0 bridgehead atoms. The highest BCUT2D eigenvalue weighted by molar-refractivity contribution is 5.85. The highest BCUT2D eigenvalue weighted by Gasteiger charge is 2.48. The van der Waals surface area contributed by atoms with Gasteiger partial charge < -0.3 is 20.1 Å². The van der Waals surface area contributed by atoms with Crippen LogP contribution >= 0.6 is 0 Å². The van der Waals surface area contributed by atoms with Gasteiger partial charge in [0.2, 0.25) is 5.91 Å². The summed E-state index contributed by atoms with van der Waals surface area (Å²) in [6.45, 7) is 1.23. The molecule has 5 rings (SSSR count). The van der Waals surface area contributed by atoms with E-state index in [-0.39, 0.29) is 43.4 Å². The Bertz CT molecular complexity index is 1000. The van der Waals surface area contributed by atoms with E-state index in [9.17, 15) is 14.4 Å². The van der Waals surface area contributed by atoms with Crippen LogP contribution in [0, 0.1) is 17.8 Å². The molecule has 7 heteroatoms. The van der Waals surface area contributed by atoms with Crippen LogP contribution in [0.1, 0.15) is 23.5 Å². The summed E-state index contributed by atoms with van der Waals surface area (Å²) in [4.78, 5) is 37.1. The molecule has 0 spiro atoms. The summed E-state index contributed by atoms with van der Waals surface area (Å²) < 4.78 is 5.52. The molecule has 0 unspecified atom stereocenters. The van der Waals surface area contributed by atoms with Gasteiger partial charge in [-0.05, 0) is 34.6 Å². The molecule has 2 atom stereocenters. The van der Waals surface area contributed by atoms with Crippen molar-refractivity contribution in [2.75, 3.05) is 26.2 Å². The molecule has 3 aliphatic rings. The van der Waals surface area contributed by atoms with Crippen LogP contribution < -0.4 is 5.32 Å². The van der Waals surface area contributed by atoms with Crippen LogP contribution in [0.25, 0.3) is 11.1 Å². The first-order valence-corrected chi connectivity index (χ1v) is 10.6. The van der Waals surface area contributed by atoms with Crippen LogP contribution in [0.2, 0.25) is 0 Å². The highest BCUT2D eigenvalue weighted by Crippen LogP contribution is 2.44. The lowest BCUT2D eigenvalue weighted by molar-refractivity contribution is -0.153. The normalized spacial score (nSPS) is 21.6. The minimum Gasteiger partial charge on any atom is -0.481 e. The lowest BCUT2D eigenvalue weighted by atomic mass is 9.98. The van der Waals surface area contributed by atoms with Crippen LogP contribution in [-0.4, -0.2) is 54.2 Å². The zero-order valence-electron chi connectivity index (χ0n) is 17.0. The molecule has 1 saturated heterocycles. The van der Waals surface area contributed by atoms with Crippen LogP contribution in [-0.2, 0) is 14.3 Å². The van der Waals surface area contributed by atoms with Gasteiger partial charge in [0.05, 0.1) is 5.92 Å². The van der Waals surface area contributed by atoms with Gasteiger partial charge in [-0.1, -0.05) is 48.5 Å². The number of carbonyl (C=O) groups excluding carboxylic acids is 2. The minimum atomic E-state index is -0.853. The zero-order valence-corrected chi connectivity index (χ0v) is 17.0. The Morgan fingerprint density at radius 2 is 1.61 bits per heavy atom. The predicted octanol–water partition coefficient (Wildman–Crippen LogP) is 2.70. The standard InChI is InChI=1S/C24H24N2O5/c27-22(26-11-15(12-26)23(28)29)20-9-14(20)10-25-24(30)31-13-21-18-7-3-1-5-16(18)17-6-2-4-8-19(17)21/h1-8,14-15,20-21H,9-13H2,(H,25,30)(H,28,29)/t14-,20-/m0/s1. The van der Waals surface area contributed by atoms with Gasteiger partial charge in [0.15, 0.2) is 0 Å². The van der Waals surface area contributed by atoms with Crippen molar-refractivity contribution in [1.29, 1.82) is 0 Å². The number of fused-ring (bicyclic) bond motifs is 3. The number of ether oxygens (including phenoxy) is 1. The number of hydrogen-bond donors (Lipinski definition) is 2. The average molecular weight is 420 g/mol. The Balaban J connectivity index is 1.10. The summed E-state index contributed by atoms with van der Waals surface area (Å²) in [5.41, 5.74) is 4.70. The van der Waals surface area contributed by atoms with Crippen molar-refractivity contribution in [2.24, 2.45) is 17.8 Å². The van der Waals surface area contributed by atoms with Crippen molar-refractivity contribution < 1.29 is 24.2 Å². The Morgan fingerprint density at radius 3 is 2.23 bits per heavy atom. The number of nitrogens with zero attached hydrogens (tertiary/aromatic N) is 1. The van der Waals surface area contributed by atoms with E-state index < -0.39 is 18.0 Å². The number of likely N-dealkylation sites (tertiary alicyclic amines) is 1. The zero-order chi connectivity index (χ0) is 21.5. The first kappa shape index (κ1) is 19.6. The van der Waals surface area contributed by atoms with E-state index in [1.54, 1.807) is 4.90 Å². The van der Waals surface area contributed by atoms with Crippen molar-refractivity contribution in [2.45, 2.75) is 12.3 Å². The van der Waals surface area contributed by atoms with Crippen molar-refractivity contribution in [3.8, 4) is 11.1 Å². The van der Waals surface area contributed by atoms with E-state index in [0.29, 0.717) is 6.54 Å². The highest BCUT2D eigenvalue weighted by atomic mass is 16.5. The number of amides is 2. The number of hydrogen-bond acceptors (Lipinski definition) is 4. The van der Waals surface area contributed by atoms with Crippen molar-refractivity contribution in [1.82, 2.24) is 10.2 Å². The summed E-state index contributed by atoms with van der Waals surface area (Å²) in [6.07, 6.45) is 0.242. The minimum absolute atomic E-state index is 0.00293. The molecule has 7 nitrogen and oxygen atoms in total. The Morgan fingerprint density at radius 1 is 1.00 bits per heavy atom. The van der Waals surface area contributed by atoms with Crippen LogP contribution in [0.3, 0.4) is 0 Å². The maximum atomic E-state index is 12.3. The third kappa shape index (κ3) is 3.65. The van der Waals surface area contributed by atoms with E-state index in [4.69, 9.17) is 9.84 Å². The smallest absolute Gasteiger partial charge is 0.407 e. The van der Waals surface area contributed by atoms with Crippen molar-refractivity contribution in [3.05, 3.63) is 59.7 Å². The summed E-state index contributed by atoms with van der Waals surface area (Å²) in [5, 5.41) is 11.7. The first-order valence-electron chi connectivity index (χ1n) is 10.6. The summed E-state index contributed by atoms with van der Waals surface area (Å²) in [5.74, 6) is -1.31. The van der Waals surface area contributed by atoms with Gasteiger partial charge in [0.25, 0.3) is 0 Å². The van der Waals surface area contributed by atoms with Gasteiger partial charge >= 0.3 is 12.1 Å². The molecule has 2 aromatic carbocycles. The molecule has 2 N–H and O–H groups in total. The summed E-state index contributed by atoms with van der Waals surface area (Å²) >= 11 is 0. The third-order valence-corrected chi connectivity index (χ3v) is 6.63. The molecular formula is C24H24N2O5. The molecule has 1 heterocycles. The monoisotopic (exact) mass is 420 g/mol. The number of aliphatic carboxylic acids is 1. The lowest BCUT2D eigenvalue weighted by Gasteiger charge is -2.36. The molecule has 2 fully saturated rings. The molecule has 1 aliphatic heterocycles. The van der Waals surface area contributed by atoms with Crippen molar-refractivity contribution in [3.63, 3.8) is 0 Å². The second-order valence-corrected chi connectivity index (χ2v) is 8.59. The van der Waals surface area contributed by atoms with E-state index >= 15 is 0 Å². The van der Waals surface area contributed by atoms with E-state index in [0.717, 1.165) is 6.42 Å². The maximum absolute atomic E-state index is 12.3. The topological polar surface area (TPSA) is 95.9 Å². The number of alkyl carbamates (subject to hydrolysis) is 1. The molecule has 0 aromatic heterocycles. The fourth-order valence-corrected chi connectivity index (χ4v) is 4.69. The molecule has 31 heavy (non-hydrogen) atoms. The van der Waals surface area contributed by atoms with E-state index in [2.05, 4.69) is 29.6 Å². The molecular weight excluding hydrogens is 396 g/mol. The Labute approximate surface area is 180 Å². The number of nitrogens with one attached hydrogen (secondary N) is 1. The molecule has 1 saturated carbocycles. The van der Waals surface area contributed by atoms with Gasteiger partial charge in [-0.2, -0.15) is 0 Å². The quantitative estimate of drug-likeness (QED) is 0.749. The number of rotatable bonds is 6. The predicted molar refractivity (Wildman–Crippen MR) is 112 cm³/mol. The fraction of sp³-hybridized carbons (Fsp3) is 0.375. The fourth-order valence-electron chi connectivity index (χ4n) is 4.69. The molecule has 160 valence electrons. The van der Waals surface area contributed by atoms with E-state index in [1.165, 1.54) is 22.3 Å². The second-order valence-electron chi connectivity index (χ2n) is 8.59. The third-order valence-electron chi connectivity index (χ3n) is 6.63. The van der Waals surface area contributed by atoms with Crippen LogP contribution in [0.4, 0.5) is 4.79 Å². The molecule has 2 amide bonds. The van der Waals surface area contributed by atoms with Gasteiger partial charge in [-0.15, -0.1) is 0 Å².